The standard InChI is InChI=1S/C23H20F2N4O/c1-13-6-7-29-20(11-13)27-21(16-9-14(2)8-15(3)10-16)22(29)28-23(30)26-19-5-4-17(24)12-18(19)25/h4-12H,1-3H3,(H2,26,28,30). The number of urea groups is 1. The number of anilines is 2. The van der Waals surface area contributed by atoms with Gasteiger partial charge in [0.2, 0.25) is 0 Å². The molecule has 0 saturated heterocycles. The number of carbonyl (C=O) groups is 1. The second-order valence-corrected chi connectivity index (χ2v) is 7.32. The van der Waals surface area contributed by atoms with E-state index in [2.05, 4.69) is 16.7 Å². The Kier molecular flexibility index (Phi) is 4.95. The molecule has 30 heavy (non-hydrogen) atoms. The summed E-state index contributed by atoms with van der Waals surface area (Å²) in [6, 6.07) is 12.2. The second-order valence-electron chi connectivity index (χ2n) is 7.32. The van der Waals surface area contributed by atoms with E-state index >= 15 is 0 Å². The Morgan fingerprint density at radius 3 is 2.33 bits per heavy atom. The molecule has 2 heterocycles. The Labute approximate surface area is 172 Å². The number of pyridine rings is 1. The third-order valence-corrected chi connectivity index (χ3v) is 4.69. The molecule has 0 unspecified atom stereocenters. The number of carbonyl (C=O) groups excluding carboxylic acids is 1. The summed E-state index contributed by atoms with van der Waals surface area (Å²) in [6.07, 6.45) is 1.82. The molecule has 0 aliphatic rings. The number of rotatable bonds is 3. The molecule has 0 radical (unpaired) electrons. The number of aromatic nitrogens is 2. The van der Waals surface area contributed by atoms with Crippen LogP contribution in [0.4, 0.5) is 25.1 Å². The van der Waals surface area contributed by atoms with Crippen LogP contribution < -0.4 is 10.6 Å². The Morgan fingerprint density at radius 2 is 1.63 bits per heavy atom. The highest BCUT2D eigenvalue weighted by Gasteiger charge is 2.18. The van der Waals surface area contributed by atoms with E-state index in [1.54, 1.807) is 4.40 Å². The summed E-state index contributed by atoms with van der Waals surface area (Å²) >= 11 is 0. The molecule has 0 aliphatic heterocycles. The van der Waals surface area contributed by atoms with E-state index in [-0.39, 0.29) is 5.69 Å². The summed E-state index contributed by atoms with van der Waals surface area (Å²) in [4.78, 5) is 17.3. The Balaban J connectivity index is 1.75. The molecule has 0 saturated carbocycles. The van der Waals surface area contributed by atoms with Crippen LogP contribution in [0.2, 0.25) is 0 Å². The zero-order valence-corrected chi connectivity index (χ0v) is 16.8. The molecule has 2 N–H and O–H groups in total. The van der Waals surface area contributed by atoms with Gasteiger partial charge in [0, 0.05) is 17.8 Å². The number of hydrogen-bond donors (Lipinski definition) is 2. The van der Waals surface area contributed by atoms with Crippen molar-refractivity contribution in [3.8, 4) is 11.3 Å². The number of aryl methyl sites for hydroxylation is 3. The van der Waals surface area contributed by atoms with Crippen LogP contribution in [-0.4, -0.2) is 15.4 Å². The first-order valence-corrected chi connectivity index (χ1v) is 9.40. The maximum absolute atomic E-state index is 13.9. The molecule has 152 valence electrons. The maximum Gasteiger partial charge on any atom is 0.324 e. The molecule has 0 bridgehead atoms. The Hall–Kier alpha value is -3.74. The van der Waals surface area contributed by atoms with Gasteiger partial charge in [0.1, 0.15) is 28.8 Å². The third-order valence-electron chi connectivity index (χ3n) is 4.69. The number of hydrogen-bond acceptors (Lipinski definition) is 2. The van der Waals surface area contributed by atoms with Gasteiger partial charge in [-0.2, -0.15) is 0 Å². The molecule has 2 aromatic carbocycles. The van der Waals surface area contributed by atoms with Crippen LogP contribution in [0.25, 0.3) is 16.9 Å². The van der Waals surface area contributed by atoms with Crippen LogP contribution in [0.3, 0.4) is 0 Å². The predicted octanol–water partition coefficient (Wildman–Crippen LogP) is 5.85. The van der Waals surface area contributed by atoms with Crippen molar-refractivity contribution in [2.24, 2.45) is 0 Å². The third kappa shape index (κ3) is 3.87. The number of nitrogens with one attached hydrogen (secondary N) is 2. The maximum atomic E-state index is 13.9. The SMILES string of the molecule is Cc1cc(C)cc(-c2nc3cc(C)ccn3c2NC(=O)Nc2ccc(F)cc2F)c1. The highest BCUT2D eigenvalue weighted by atomic mass is 19.1. The van der Waals surface area contributed by atoms with Gasteiger partial charge in [0.25, 0.3) is 0 Å². The van der Waals surface area contributed by atoms with Crippen LogP contribution in [0.15, 0.2) is 54.7 Å². The first-order valence-electron chi connectivity index (χ1n) is 9.40. The minimum atomic E-state index is -0.853. The molecule has 4 rings (SSSR count). The van der Waals surface area contributed by atoms with Crippen molar-refractivity contribution in [3.05, 3.63) is 83.1 Å². The monoisotopic (exact) mass is 406 g/mol. The lowest BCUT2D eigenvalue weighted by molar-refractivity contribution is 0.262. The summed E-state index contributed by atoms with van der Waals surface area (Å²) in [5.74, 6) is -1.11. The molecule has 5 nitrogen and oxygen atoms in total. The summed E-state index contributed by atoms with van der Waals surface area (Å²) < 4.78 is 28.8. The fraction of sp³-hybridized carbons (Fsp3) is 0.130. The molecule has 0 fully saturated rings. The highest BCUT2D eigenvalue weighted by molar-refractivity contribution is 6.01. The number of fused-ring (bicyclic) bond motifs is 1. The van der Waals surface area contributed by atoms with E-state index in [1.165, 1.54) is 6.07 Å². The summed E-state index contributed by atoms with van der Waals surface area (Å²) in [5.41, 5.74) is 5.19. The van der Waals surface area contributed by atoms with Crippen LogP contribution in [0.5, 0.6) is 0 Å². The largest absolute Gasteiger partial charge is 0.324 e. The van der Waals surface area contributed by atoms with Crippen molar-refractivity contribution in [1.29, 1.82) is 0 Å². The average Bonchev–Trinajstić information content (AvgIpc) is 3.00. The van der Waals surface area contributed by atoms with Crippen molar-refractivity contribution >= 4 is 23.2 Å². The van der Waals surface area contributed by atoms with Crippen LogP contribution in [-0.2, 0) is 0 Å². The van der Waals surface area contributed by atoms with Crippen LogP contribution >= 0.6 is 0 Å². The van der Waals surface area contributed by atoms with Gasteiger partial charge in [0.15, 0.2) is 0 Å². The van der Waals surface area contributed by atoms with E-state index in [1.807, 2.05) is 51.2 Å². The number of benzene rings is 2. The van der Waals surface area contributed by atoms with Gasteiger partial charge in [-0.15, -0.1) is 0 Å². The summed E-state index contributed by atoms with van der Waals surface area (Å²) in [5, 5.41) is 5.19. The van der Waals surface area contributed by atoms with Gasteiger partial charge < -0.3 is 5.32 Å². The lowest BCUT2D eigenvalue weighted by atomic mass is 10.1. The van der Waals surface area contributed by atoms with Gasteiger partial charge in [-0.05, 0) is 62.7 Å². The molecule has 7 heteroatoms. The molecule has 0 aliphatic carbocycles. The minimum absolute atomic E-state index is 0.119. The van der Waals surface area contributed by atoms with Crippen LogP contribution in [0, 0.1) is 32.4 Å². The normalized spacial score (nSPS) is 11.0. The fourth-order valence-corrected chi connectivity index (χ4v) is 3.43. The molecule has 2 amide bonds. The van der Waals surface area contributed by atoms with Crippen molar-refractivity contribution in [2.45, 2.75) is 20.8 Å². The smallest absolute Gasteiger partial charge is 0.305 e. The molecule has 4 aromatic rings. The lowest BCUT2D eigenvalue weighted by Gasteiger charge is -2.11. The molecular weight excluding hydrogens is 386 g/mol. The zero-order chi connectivity index (χ0) is 21.4. The van der Waals surface area contributed by atoms with Crippen molar-refractivity contribution in [2.75, 3.05) is 10.6 Å². The van der Waals surface area contributed by atoms with E-state index in [0.717, 1.165) is 28.3 Å². The summed E-state index contributed by atoms with van der Waals surface area (Å²) in [6.45, 7) is 5.95. The number of amides is 2. The van der Waals surface area contributed by atoms with E-state index < -0.39 is 17.7 Å². The van der Waals surface area contributed by atoms with E-state index in [0.29, 0.717) is 23.2 Å². The first kappa shape index (κ1) is 19.6. The number of halogens is 2. The average molecular weight is 406 g/mol. The van der Waals surface area contributed by atoms with E-state index in [9.17, 15) is 13.6 Å². The Morgan fingerprint density at radius 1 is 0.900 bits per heavy atom. The quantitative estimate of drug-likeness (QED) is 0.448. The Bertz CT molecular complexity index is 1260. The molecule has 0 atom stereocenters. The lowest BCUT2D eigenvalue weighted by Crippen LogP contribution is -2.21. The topological polar surface area (TPSA) is 58.4 Å². The van der Waals surface area contributed by atoms with Crippen LogP contribution in [0.1, 0.15) is 16.7 Å². The predicted molar refractivity (Wildman–Crippen MR) is 114 cm³/mol. The van der Waals surface area contributed by atoms with Crippen molar-refractivity contribution in [1.82, 2.24) is 9.38 Å². The molecule has 2 aromatic heterocycles. The van der Waals surface area contributed by atoms with Gasteiger partial charge in [0.05, 0.1) is 5.69 Å². The molecular formula is C23H20F2N4O. The van der Waals surface area contributed by atoms with Crippen molar-refractivity contribution < 1.29 is 13.6 Å². The minimum Gasteiger partial charge on any atom is -0.305 e. The number of imidazole rings is 1. The first-order chi connectivity index (χ1) is 14.3. The van der Waals surface area contributed by atoms with Crippen molar-refractivity contribution in [3.63, 3.8) is 0 Å². The molecule has 0 spiro atoms. The van der Waals surface area contributed by atoms with Gasteiger partial charge in [-0.1, -0.05) is 17.2 Å². The van der Waals surface area contributed by atoms with Gasteiger partial charge >= 0.3 is 6.03 Å². The second kappa shape index (κ2) is 7.59. The fourth-order valence-electron chi connectivity index (χ4n) is 3.43. The number of nitrogens with zero attached hydrogens (tertiary/aromatic N) is 2. The van der Waals surface area contributed by atoms with Gasteiger partial charge in [-0.25, -0.2) is 18.6 Å². The summed E-state index contributed by atoms with van der Waals surface area (Å²) in [7, 11) is 0. The zero-order valence-electron chi connectivity index (χ0n) is 16.8. The highest BCUT2D eigenvalue weighted by Crippen LogP contribution is 2.31. The van der Waals surface area contributed by atoms with E-state index in [4.69, 9.17) is 4.98 Å². The van der Waals surface area contributed by atoms with Gasteiger partial charge in [-0.3, -0.25) is 9.72 Å².